The van der Waals surface area contributed by atoms with Crippen LogP contribution in [-0.2, 0) is 10.0 Å². The third kappa shape index (κ3) is 2.52. The van der Waals surface area contributed by atoms with Gasteiger partial charge in [0.1, 0.15) is 15.2 Å². The summed E-state index contributed by atoms with van der Waals surface area (Å²) >= 11 is 0.944. The highest BCUT2D eigenvalue weighted by Gasteiger charge is 2.17. The second kappa shape index (κ2) is 4.06. The van der Waals surface area contributed by atoms with Gasteiger partial charge in [-0.2, -0.15) is 5.26 Å². The Hall–Kier alpha value is -0.940. The topological polar surface area (TPSA) is 73.2 Å². The predicted molar refractivity (Wildman–Crippen MR) is 53.0 cm³/mol. The average Bonchev–Trinajstić information content (AvgIpc) is 2.49. The molecule has 1 N–H and O–H groups in total. The van der Waals surface area contributed by atoms with Crippen LogP contribution in [0.5, 0.6) is 0 Å². The minimum atomic E-state index is -3.51. The van der Waals surface area contributed by atoms with Crippen molar-refractivity contribution in [2.45, 2.75) is 4.21 Å². The van der Waals surface area contributed by atoms with Crippen molar-refractivity contribution >= 4 is 21.4 Å². The van der Waals surface area contributed by atoms with Crippen LogP contribution >= 0.6 is 11.3 Å². The number of hydrazine groups is 1. The normalized spacial score (nSPS) is 11.6. The Bertz CT molecular complexity index is 456. The number of thiophene rings is 1. The molecule has 0 bridgehead atoms. The number of hydrogen-bond donors (Lipinski definition) is 1. The number of sulfonamides is 1. The summed E-state index contributed by atoms with van der Waals surface area (Å²) in [5.41, 5.74) is 0. The van der Waals surface area contributed by atoms with Crippen molar-refractivity contribution in [1.29, 1.82) is 5.26 Å². The Kier molecular flexibility index (Phi) is 3.23. The van der Waals surface area contributed by atoms with Crippen LogP contribution in [0.2, 0.25) is 0 Å². The maximum atomic E-state index is 11.5. The third-order valence-electron chi connectivity index (χ3n) is 1.26. The van der Waals surface area contributed by atoms with Gasteiger partial charge in [-0.1, -0.05) is 0 Å². The molecule has 14 heavy (non-hydrogen) atoms. The van der Waals surface area contributed by atoms with E-state index in [9.17, 15) is 8.42 Å². The first-order valence-corrected chi connectivity index (χ1v) is 5.95. The molecule has 1 heterocycles. The van der Waals surface area contributed by atoms with Crippen molar-refractivity contribution in [1.82, 2.24) is 9.84 Å². The molecule has 0 spiro atoms. The van der Waals surface area contributed by atoms with Crippen LogP contribution in [0.15, 0.2) is 16.3 Å². The summed E-state index contributed by atoms with van der Waals surface area (Å²) in [5, 5.41) is 9.87. The van der Waals surface area contributed by atoms with E-state index in [1.807, 2.05) is 6.07 Å². The van der Waals surface area contributed by atoms with Gasteiger partial charge in [-0.05, 0) is 12.1 Å². The quantitative estimate of drug-likeness (QED) is 0.763. The third-order valence-corrected chi connectivity index (χ3v) is 4.22. The Morgan fingerprint density at radius 2 is 2.14 bits per heavy atom. The summed E-state index contributed by atoms with van der Waals surface area (Å²) in [4.78, 5) is 2.66. The van der Waals surface area contributed by atoms with Crippen LogP contribution in [-0.4, -0.2) is 27.5 Å². The second-order valence-corrected chi connectivity index (χ2v) is 5.69. The van der Waals surface area contributed by atoms with Gasteiger partial charge in [0.2, 0.25) is 0 Å². The minimum Gasteiger partial charge on any atom is -0.237 e. The lowest BCUT2D eigenvalue weighted by atomic mass is 10.5. The Labute approximate surface area is 86.6 Å². The fourth-order valence-corrected chi connectivity index (χ4v) is 2.98. The molecule has 1 rings (SSSR count). The zero-order valence-electron chi connectivity index (χ0n) is 7.68. The Balaban J connectivity index is 3.00. The van der Waals surface area contributed by atoms with Gasteiger partial charge in [-0.3, -0.25) is 0 Å². The molecule has 5 nitrogen and oxygen atoms in total. The second-order valence-electron chi connectivity index (χ2n) is 2.72. The number of nitrogens with zero attached hydrogens (tertiary/aromatic N) is 2. The highest BCUT2D eigenvalue weighted by atomic mass is 32.2. The first-order valence-electron chi connectivity index (χ1n) is 3.65. The van der Waals surface area contributed by atoms with Crippen LogP contribution in [0.25, 0.3) is 0 Å². The maximum Gasteiger partial charge on any atom is 0.262 e. The van der Waals surface area contributed by atoms with Gasteiger partial charge in [0, 0.05) is 14.1 Å². The summed E-state index contributed by atoms with van der Waals surface area (Å²) < 4.78 is 23.2. The molecule has 0 aliphatic carbocycles. The van der Waals surface area contributed by atoms with E-state index in [1.165, 1.54) is 17.1 Å². The molecule has 1 aromatic rings. The molecule has 0 fully saturated rings. The van der Waals surface area contributed by atoms with Crippen molar-refractivity contribution in [2.24, 2.45) is 0 Å². The van der Waals surface area contributed by atoms with E-state index in [1.54, 1.807) is 14.1 Å². The first kappa shape index (κ1) is 11.1. The highest BCUT2D eigenvalue weighted by Crippen LogP contribution is 2.20. The van der Waals surface area contributed by atoms with E-state index in [-0.39, 0.29) is 4.21 Å². The minimum absolute atomic E-state index is 0.141. The molecule has 0 saturated carbocycles. The Morgan fingerprint density at radius 3 is 2.57 bits per heavy atom. The predicted octanol–water partition coefficient (Wildman–Crippen LogP) is 0.375. The average molecular weight is 231 g/mol. The van der Waals surface area contributed by atoms with Crippen LogP contribution in [0.1, 0.15) is 4.88 Å². The molecule has 0 aliphatic heterocycles. The van der Waals surface area contributed by atoms with E-state index < -0.39 is 10.0 Å². The standard InChI is InChI=1S/C7H9N3O2S2/c1-10(2)9-14(11,12)7-4-3-6(5-8)13-7/h3-4,9H,1-2H3. The molecule has 0 saturated heterocycles. The number of hydrogen-bond acceptors (Lipinski definition) is 5. The van der Waals surface area contributed by atoms with E-state index in [0.29, 0.717) is 4.88 Å². The van der Waals surface area contributed by atoms with Crippen LogP contribution < -0.4 is 4.83 Å². The fourth-order valence-electron chi connectivity index (χ4n) is 0.810. The van der Waals surface area contributed by atoms with Crippen molar-refractivity contribution in [2.75, 3.05) is 14.1 Å². The molecular weight excluding hydrogens is 222 g/mol. The lowest BCUT2D eigenvalue weighted by Gasteiger charge is -2.10. The lowest BCUT2D eigenvalue weighted by molar-refractivity contribution is 0.364. The van der Waals surface area contributed by atoms with E-state index >= 15 is 0 Å². The summed E-state index contributed by atoms with van der Waals surface area (Å²) in [6, 6.07) is 4.78. The van der Waals surface area contributed by atoms with Crippen molar-refractivity contribution in [3.63, 3.8) is 0 Å². The molecule has 76 valence electrons. The summed E-state index contributed by atoms with van der Waals surface area (Å²) in [6.45, 7) is 0. The lowest BCUT2D eigenvalue weighted by Crippen LogP contribution is -2.35. The van der Waals surface area contributed by atoms with E-state index in [0.717, 1.165) is 11.3 Å². The molecule has 0 aliphatic rings. The van der Waals surface area contributed by atoms with Gasteiger partial charge in [0.05, 0.1) is 0 Å². The zero-order valence-corrected chi connectivity index (χ0v) is 9.32. The summed E-state index contributed by atoms with van der Waals surface area (Å²) in [5.74, 6) is 0. The number of nitriles is 1. The van der Waals surface area contributed by atoms with E-state index in [4.69, 9.17) is 5.26 Å². The molecule has 1 aromatic heterocycles. The number of nitrogens with one attached hydrogen (secondary N) is 1. The van der Waals surface area contributed by atoms with Crippen LogP contribution in [0, 0.1) is 11.3 Å². The van der Waals surface area contributed by atoms with Gasteiger partial charge in [0.25, 0.3) is 10.0 Å². The molecule has 0 unspecified atom stereocenters. The largest absolute Gasteiger partial charge is 0.262 e. The van der Waals surface area contributed by atoms with Crippen molar-refractivity contribution in [3.05, 3.63) is 17.0 Å². The van der Waals surface area contributed by atoms with Crippen molar-refractivity contribution in [3.8, 4) is 6.07 Å². The van der Waals surface area contributed by atoms with Gasteiger partial charge in [0.15, 0.2) is 0 Å². The summed E-state index contributed by atoms with van der Waals surface area (Å²) in [6.07, 6.45) is 0. The highest BCUT2D eigenvalue weighted by molar-refractivity contribution is 7.91. The SMILES string of the molecule is CN(C)NS(=O)(=O)c1ccc(C#N)s1. The number of rotatable bonds is 3. The molecule has 0 amide bonds. The van der Waals surface area contributed by atoms with Gasteiger partial charge < -0.3 is 0 Å². The molecule has 7 heteroatoms. The molecule has 0 atom stereocenters. The van der Waals surface area contributed by atoms with Gasteiger partial charge in [-0.15, -0.1) is 16.2 Å². The summed E-state index contributed by atoms with van der Waals surface area (Å²) in [7, 11) is -0.346. The molecular formula is C7H9N3O2S2. The fraction of sp³-hybridized carbons (Fsp3) is 0.286. The smallest absolute Gasteiger partial charge is 0.237 e. The Morgan fingerprint density at radius 1 is 1.50 bits per heavy atom. The zero-order chi connectivity index (χ0) is 10.8. The van der Waals surface area contributed by atoms with Gasteiger partial charge in [-0.25, -0.2) is 13.4 Å². The van der Waals surface area contributed by atoms with Crippen LogP contribution in [0.4, 0.5) is 0 Å². The van der Waals surface area contributed by atoms with Gasteiger partial charge >= 0.3 is 0 Å². The van der Waals surface area contributed by atoms with E-state index in [2.05, 4.69) is 4.83 Å². The van der Waals surface area contributed by atoms with Crippen molar-refractivity contribution < 1.29 is 8.42 Å². The first-order chi connectivity index (χ1) is 6.45. The monoisotopic (exact) mass is 231 g/mol. The molecule has 0 aromatic carbocycles. The molecule has 0 radical (unpaired) electrons. The van der Waals surface area contributed by atoms with Crippen LogP contribution in [0.3, 0.4) is 0 Å². The maximum absolute atomic E-state index is 11.5.